The predicted octanol–water partition coefficient (Wildman–Crippen LogP) is 1.49. The summed E-state index contributed by atoms with van der Waals surface area (Å²) in [5, 5.41) is 0. The van der Waals surface area contributed by atoms with Gasteiger partial charge in [0, 0.05) is 6.04 Å². The Morgan fingerprint density at radius 3 is 2.10 bits per heavy atom. The fourth-order valence-electron chi connectivity index (χ4n) is 1.21. The first-order chi connectivity index (χ1) is 4.62. The van der Waals surface area contributed by atoms with Crippen LogP contribution in [0.2, 0.25) is 0 Å². The summed E-state index contributed by atoms with van der Waals surface area (Å²) in [6.45, 7) is 4.36. The van der Waals surface area contributed by atoms with Gasteiger partial charge in [0.05, 0.1) is 5.54 Å². The lowest BCUT2D eigenvalue weighted by atomic mass is 10.2. The summed E-state index contributed by atoms with van der Waals surface area (Å²) >= 11 is 0. The van der Waals surface area contributed by atoms with Gasteiger partial charge in [-0.1, -0.05) is 5.92 Å². The maximum atomic E-state index is 5.42. The van der Waals surface area contributed by atoms with E-state index in [1.54, 1.807) is 0 Å². The van der Waals surface area contributed by atoms with E-state index >= 15 is 0 Å². The van der Waals surface area contributed by atoms with Gasteiger partial charge in [0.2, 0.25) is 0 Å². The first kappa shape index (κ1) is 7.63. The molecule has 0 amide bonds. The van der Waals surface area contributed by atoms with Crippen molar-refractivity contribution in [2.45, 2.75) is 38.3 Å². The van der Waals surface area contributed by atoms with Gasteiger partial charge in [-0.3, -0.25) is 4.90 Å². The lowest BCUT2D eigenvalue weighted by molar-refractivity contribution is 0.219. The molecule has 1 fully saturated rings. The highest BCUT2D eigenvalue weighted by Gasteiger charge is 2.45. The van der Waals surface area contributed by atoms with Crippen LogP contribution in [0.1, 0.15) is 26.7 Å². The van der Waals surface area contributed by atoms with Crippen LogP contribution in [0.15, 0.2) is 0 Å². The Kier molecular flexibility index (Phi) is 1.74. The van der Waals surface area contributed by atoms with E-state index in [9.17, 15) is 0 Å². The SMILES string of the molecule is C#CC1(N(C)C(C)C)CC1. The molecule has 10 heavy (non-hydrogen) atoms. The van der Waals surface area contributed by atoms with Crippen LogP contribution in [0.3, 0.4) is 0 Å². The minimum atomic E-state index is 0.133. The highest BCUT2D eigenvalue weighted by molar-refractivity contribution is 5.23. The molecule has 0 heterocycles. The van der Waals surface area contributed by atoms with Gasteiger partial charge in [-0.15, -0.1) is 6.42 Å². The second-order valence-corrected chi connectivity index (χ2v) is 3.38. The minimum Gasteiger partial charge on any atom is -0.288 e. The van der Waals surface area contributed by atoms with Crippen LogP contribution in [-0.4, -0.2) is 23.5 Å². The molecule has 1 aliphatic carbocycles. The number of nitrogens with zero attached hydrogens (tertiary/aromatic N) is 1. The molecule has 0 bridgehead atoms. The summed E-state index contributed by atoms with van der Waals surface area (Å²) in [6, 6.07) is 0.568. The van der Waals surface area contributed by atoms with E-state index in [4.69, 9.17) is 6.42 Å². The average Bonchev–Trinajstić information content (AvgIpc) is 2.66. The summed E-state index contributed by atoms with van der Waals surface area (Å²) in [5.74, 6) is 2.86. The van der Waals surface area contributed by atoms with Gasteiger partial charge in [-0.25, -0.2) is 0 Å². The van der Waals surface area contributed by atoms with Gasteiger partial charge in [-0.05, 0) is 33.7 Å². The molecule has 0 saturated heterocycles. The summed E-state index contributed by atoms with van der Waals surface area (Å²) in [4.78, 5) is 2.28. The first-order valence-electron chi connectivity index (χ1n) is 3.83. The molecule has 0 aromatic carbocycles. The molecule has 1 saturated carbocycles. The fourth-order valence-corrected chi connectivity index (χ4v) is 1.21. The van der Waals surface area contributed by atoms with Gasteiger partial charge in [-0.2, -0.15) is 0 Å². The Morgan fingerprint density at radius 1 is 1.50 bits per heavy atom. The summed E-state index contributed by atoms with van der Waals surface area (Å²) in [6.07, 6.45) is 7.77. The molecular formula is C9H15N. The van der Waals surface area contributed by atoms with Crippen molar-refractivity contribution in [3.8, 4) is 12.3 Å². The molecule has 1 heteroatoms. The van der Waals surface area contributed by atoms with Crippen LogP contribution >= 0.6 is 0 Å². The third-order valence-electron chi connectivity index (χ3n) is 2.44. The van der Waals surface area contributed by atoms with Crippen LogP contribution in [0.5, 0.6) is 0 Å². The zero-order valence-electron chi connectivity index (χ0n) is 7.02. The molecule has 0 atom stereocenters. The van der Waals surface area contributed by atoms with Gasteiger partial charge in [0.25, 0.3) is 0 Å². The molecule has 1 aliphatic rings. The molecule has 56 valence electrons. The average molecular weight is 137 g/mol. The van der Waals surface area contributed by atoms with E-state index in [2.05, 4.69) is 31.7 Å². The third kappa shape index (κ3) is 1.04. The molecule has 1 rings (SSSR count). The molecule has 1 nitrogen and oxygen atoms in total. The van der Waals surface area contributed by atoms with E-state index in [1.807, 2.05) is 0 Å². The monoisotopic (exact) mass is 137 g/mol. The van der Waals surface area contributed by atoms with E-state index in [0.29, 0.717) is 6.04 Å². The third-order valence-corrected chi connectivity index (χ3v) is 2.44. The van der Waals surface area contributed by atoms with Crippen LogP contribution < -0.4 is 0 Å². The van der Waals surface area contributed by atoms with Gasteiger partial charge >= 0.3 is 0 Å². The number of hydrogen-bond donors (Lipinski definition) is 0. The van der Waals surface area contributed by atoms with Crippen LogP contribution in [0.4, 0.5) is 0 Å². The van der Waals surface area contributed by atoms with Crippen molar-refractivity contribution < 1.29 is 0 Å². The van der Waals surface area contributed by atoms with Gasteiger partial charge in [0.15, 0.2) is 0 Å². The van der Waals surface area contributed by atoms with E-state index in [0.717, 1.165) is 0 Å². The van der Waals surface area contributed by atoms with E-state index in [1.165, 1.54) is 12.8 Å². The van der Waals surface area contributed by atoms with Crippen molar-refractivity contribution in [2.75, 3.05) is 7.05 Å². The van der Waals surface area contributed by atoms with Crippen molar-refractivity contribution in [2.24, 2.45) is 0 Å². The molecule has 0 aliphatic heterocycles. The van der Waals surface area contributed by atoms with E-state index < -0.39 is 0 Å². The molecular weight excluding hydrogens is 122 g/mol. The number of rotatable bonds is 2. The zero-order chi connectivity index (χ0) is 7.78. The normalized spacial score (nSPS) is 21.2. The topological polar surface area (TPSA) is 3.24 Å². The molecule has 0 aromatic rings. The van der Waals surface area contributed by atoms with Crippen molar-refractivity contribution >= 4 is 0 Å². The molecule has 0 N–H and O–H groups in total. The number of hydrogen-bond acceptors (Lipinski definition) is 1. The second kappa shape index (κ2) is 2.29. The van der Waals surface area contributed by atoms with Crippen LogP contribution in [-0.2, 0) is 0 Å². The van der Waals surface area contributed by atoms with Crippen LogP contribution in [0.25, 0.3) is 0 Å². The fraction of sp³-hybridized carbons (Fsp3) is 0.778. The van der Waals surface area contributed by atoms with Crippen molar-refractivity contribution in [3.63, 3.8) is 0 Å². The molecule has 0 unspecified atom stereocenters. The highest BCUT2D eigenvalue weighted by Crippen LogP contribution is 2.40. The first-order valence-corrected chi connectivity index (χ1v) is 3.83. The molecule has 0 spiro atoms. The summed E-state index contributed by atoms with van der Waals surface area (Å²) < 4.78 is 0. The lowest BCUT2D eigenvalue weighted by Crippen LogP contribution is -2.37. The molecule has 0 aromatic heterocycles. The minimum absolute atomic E-state index is 0.133. The quantitative estimate of drug-likeness (QED) is 0.521. The zero-order valence-corrected chi connectivity index (χ0v) is 7.02. The summed E-state index contributed by atoms with van der Waals surface area (Å²) in [7, 11) is 2.11. The Bertz CT molecular complexity index is 160. The summed E-state index contributed by atoms with van der Waals surface area (Å²) in [5.41, 5.74) is 0.133. The molecule has 0 radical (unpaired) electrons. The van der Waals surface area contributed by atoms with Crippen molar-refractivity contribution in [1.29, 1.82) is 0 Å². The Balaban J connectivity index is 2.58. The smallest absolute Gasteiger partial charge is 0.0824 e. The van der Waals surface area contributed by atoms with Gasteiger partial charge in [0.1, 0.15) is 0 Å². The lowest BCUT2D eigenvalue weighted by Gasteiger charge is -2.27. The van der Waals surface area contributed by atoms with Crippen molar-refractivity contribution in [1.82, 2.24) is 4.90 Å². The highest BCUT2D eigenvalue weighted by atomic mass is 15.2. The predicted molar refractivity (Wildman–Crippen MR) is 43.7 cm³/mol. The largest absolute Gasteiger partial charge is 0.288 e. The Hall–Kier alpha value is -0.480. The second-order valence-electron chi connectivity index (χ2n) is 3.38. The standard InChI is InChI=1S/C9H15N/c1-5-9(6-7-9)10(4)8(2)3/h1,8H,6-7H2,2-4H3. The van der Waals surface area contributed by atoms with Crippen LogP contribution in [0, 0.1) is 12.3 Å². The Morgan fingerprint density at radius 2 is 2.00 bits per heavy atom. The Labute approximate surface area is 63.4 Å². The maximum Gasteiger partial charge on any atom is 0.0824 e. The van der Waals surface area contributed by atoms with Gasteiger partial charge < -0.3 is 0 Å². The number of terminal acetylenes is 1. The maximum absolute atomic E-state index is 5.42. The van der Waals surface area contributed by atoms with E-state index in [-0.39, 0.29) is 5.54 Å². The van der Waals surface area contributed by atoms with Crippen molar-refractivity contribution in [3.05, 3.63) is 0 Å².